The van der Waals surface area contributed by atoms with Gasteiger partial charge in [-0.1, -0.05) is 131 Å². The van der Waals surface area contributed by atoms with Crippen molar-refractivity contribution in [3.05, 3.63) is 157 Å². The van der Waals surface area contributed by atoms with Gasteiger partial charge in [-0.3, -0.25) is 0 Å². The highest BCUT2D eigenvalue weighted by Gasteiger charge is 2.20. The van der Waals surface area contributed by atoms with Crippen molar-refractivity contribution in [2.45, 2.75) is 64.2 Å². The van der Waals surface area contributed by atoms with Crippen molar-refractivity contribution < 1.29 is 4.42 Å². The van der Waals surface area contributed by atoms with Crippen LogP contribution >= 0.6 is 0 Å². The summed E-state index contributed by atoms with van der Waals surface area (Å²) in [6.45, 7) is 6.79. The molecule has 1 fully saturated rings. The Kier molecular flexibility index (Phi) is 8.15. The third-order valence-corrected chi connectivity index (χ3v) is 11.1. The summed E-state index contributed by atoms with van der Waals surface area (Å²) in [5.41, 5.74) is 11.4. The van der Waals surface area contributed by atoms with Gasteiger partial charge in [-0.2, -0.15) is 0 Å². The largest absolute Gasteiger partial charge is 0.435 e. The molecule has 8 aromatic rings. The Hall–Kier alpha value is -5.67. The van der Waals surface area contributed by atoms with Gasteiger partial charge in [0.1, 0.15) is 5.52 Å². The first-order valence-electron chi connectivity index (χ1n) is 18.8. The second kappa shape index (κ2) is 13.1. The summed E-state index contributed by atoms with van der Waals surface area (Å²) in [4.78, 5) is 7.31. The summed E-state index contributed by atoms with van der Waals surface area (Å²) in [6, 6.07) is 53.0. The Balaban J connectivity index is 1.17. The van der Waals surface area contributed by atoms with Crippen molar-refractivity contribution in [2.75, 3.05) is 4.90 Å². The standard InChI is InChI=1S/C49H44N2O/c1-49(2,3)40-24-16-34(17-25-40)36-20-28-42(29-21-36)51(41-26-18-35(19-27-41)33-10-6-4-7-11-33)43-30-22-37-14-15-38-23-31-45-47(46(38)44(37)32-43)52-48(50-45)39-12-8-5-9-13-39/h5,8-9,12-33H,4,6-7,10-11H2,1-3H3. The molecule has 0 unspecified atom stereocenters. The van der Waals surface area contributed by atoms with Crippen molar-refractivity contribution in [3.8, 4) is 22.6 Å². The van der Waals surface area contributed by atoms with Crippen LogP contribution < -0.4 is 4.90 Å². The van der Waals surface area contributed by atoms with E-state index in [1.165, 1.54) is 59.7 Å². The molecule has 0 N–H and O–H groups in total. The molecule has 0 atom stereocenters. The van der Waals surface area contributed by atoms with Crippen LogP contribution in [0.5, 0.6) is 0 Å². The first-order valence-corrected chi connectivity index (χ1v) is 18.8. The Morgan fingerprint density at radius 2 is 1.17 bits per heavy atom. The lowest BCUT2D eigenvalue weighted by molar-refractivity contribution is 0.443. The lowest BCUT2D eigenvalue weighted by atomic mass is 9.84. The molecule has 256 valence electrons. The van der Waals surface area contributed by atoms with E-state index in [1.54, 1.807) is 0 Å². The Morgan fingerprint density at radius 3 is 1.87 bits per heavy atom. The minimum absolute atomic E-state index is 0.129. The number of anilines is 3. The Labute approximate surface area is 306 Å². The third-order valence-electron chi connectivity index (χ3n) is 11.1. The summed E-state index contributed by atoms with van der Waals surface area (Å²) >= 11 is 0. The highest BCUT2D eigenvalue weighted by molar-refractivity contribution is 6.18. The average Bonchev–Trinajstić information content (AvgIpc) is 3.64. The van der Waals surface area contributed by atoms with Crippen LogP contribution in [-0.2, 0) is 5.41 Å². The predicted octanol–water partition coefficient (Wildman–Crippen LogP) is 14.3. The van der Waals surface area contributed by atoms with Gasteiger partial charge in [0.2, 0.25) is 5.89 Å². The van der Waals surface area contributed by atoms with E-state index in [9.17, 15) is 0 Å². The predicted molar refractivity (Wildman–Crippen MR) is 219 cm³/mol. The van der Waals surface area contributed by atoms with Gasteiger partial charge >= 0.3 is 0 Å². The fourth-order valence-corrected chi connectivity index (χ4v) is 8.10. The van der Waals surface area contributed by atoms with E-state index < -0.39 is 0 Å². The zero-order valence-corrected chi connectivity index (χ0v) is 30.3. The molecule has 0 spiro atoms. The molecule has 1 aliphatic rings. The minimum atomic E-state index is 0.129. The van der Waals surface area contributed by atoms with Crippen LogP contribution in [0.2, 0.25) is 0 Å². The molecule has 7 aromatic carbocycles. The third kappa shape index (κ3) is 6.05. The van der Waals surface area contributed by atoms with Crippen LogP contribution in [-0.4, -0.2) is 4.98 Å². The molecule has 1 aliphatic carbocycles. The van der Waals surface area contributed by atoms with Crippen LogP contribution in [0.25, 0.3) is 55.2 Å². The highest BCUT2D eigenvalue weighted by Crippen LogP contribution is 2.42. The maximum Gasteiger partial charge on any atom is 0.227 e. The molecule has 0 radical (unpaired) electrons. The lowest BCUT2D eigenvalue weighted by Crippen LogP contribution is -2.11. The van der Waals surface area contributed by atoms with E-state index in [4.69, 9.17) is 9.40 Å². The quantitative estimate of drug-likeness (QED) is 0.164. The number of hydrogen-bond acceptors (Lipinski definition) is 3. The number of aromatic nitrogens is 1. The fourth-order valence-electron chi connectivity index (χ4n) is 8.10. The molecule has 0 aliphatic heterocycles. The van der Waals surface area contributed by atoms with Crippen molar-refractivity contribution in [1.82, 2.24) is 4.98 Å². The topological polar surface area (TPSA) is 29.3 Å². The van der Waals surface area contributed by atoms with E-state index >= 15 is 0 Å². The molecule has 3 nitrogen and oxygen atoms in total. The maximum atomic E-state index is 6.57. The summed E-state index contributed by atoms with van der Waals surface area (Å²) in [6.07, 6.45) is 6.62. The van der Waals surface area contributed by atoms with Gasteiger partial charge < -0.3 is 9.32 Å². The number of fused-ring (bicyclic) bond motifs is 5. The number of oxazole rings is 1. The van der Waals surface area contributed by atoms with Gasteiger partial charge in [-0.25, -0.2) is 4.98 Å². The smallest absolute Gasteiger partial charge is 0.227 e. The molecule has 0 amide bonds. The molecular weight excluding hydrogens is 633 g/mol. The van der Waals surface area contributed by atoms with Gasteiger partial charge in [0.25, 0.3) is 0 Å². The van der Waals surface area contributed by atoms with Gasteiger partial charge in [-0.15, -0.1) is 0 Å². The van der Waals surface area contributed by atoms with Gasteiger partial charge in [0.15, 0.2) is 5.58 Å². The number of nitrogens with zero attached hydrogens (tertiary/aromatic N) is 2. The highest BCUT2D eigenvalue weighted by atomic mass is 16.3. The van der Waals surface area contributed by atoms with E-state index in [0.29, 0.717) is 11.8 Å². The zero-order chi connectivity index (χ0) is 35.2. The average molecular weight is 677 g/mol. The normalized spacial score (nSPS) is 14.0. The lowest BCUT2D eigenvalue weighted by Gasteiger charge is -2.27. The molecule has 3 heteroatoms. The van der Waals surface area contributed by atoms with Crippen molar-refractivity contribution in [2.24, 2.45) is 0 Å². The van der Waals surface area contributed by atoms with E-state index in [-0.39, 0.29) is 5.41 Å². The summed E-state index contributed by atoms with van der Waals surface area (Å²) in [5, 5.41) is 4.55. The van der Waals surface area contributed by atoms with Crippen molar-refractivity contribution >= 4 is 49.7 Å². The van der Waals surface area contributed by atoms with Gasteiger partial charge in [0.05, 0.1) is 0 Å². The fraction of sp³-hybridized carbons (Fsp3) is 0.204. The van der Waals surface area contributed by atoms with Crippen LogP contribution in [0, 0.1) is 0 Å². The molecule has 9 rings (SSSR count). The monoisotopic (exact) mass is 676 g/mol. The molecule has 0 saturated heterocycles. The zero-order valence-electron chi connectivity index (χ0n) is 30.3. The summed E-state index contributed by atoms with van der Waals surface area (Å²) in [7, 11) is 0. The summed E-state index contributed by atoms with van der Waals surface area (Å²) < 4.78 is 6.57. The minimum Gasteiger partial charge on any atom is -0.435 e. The Bertz CT molecular complexity index is 2500. The van der Waals surface area contributed by atoms with Gasteiger partial charge in [0, 0.05) is 28.0 Å². The van der Waals surface area contributed by atoms with E-state index in [2.05, 4.69) is 141 Å². The van der Waals surface area contributed by atoms with Crippen LogP contribution in [0.1, 0.15) is 69.9 Å². The number of rotatable bonds is 6. The molecule has 0 bridgehead atoms. The first-order chi connectivity index (χ1) is 25.4. The Morgan fingerprint density at radius 1 is 0.577 bits per heavy atom. The number of benzene rings is 7. The molecule has 52 heavy (non-hydrogen) atoms. The second-order valence-electron chi connectivity index (χ2n) is 15.5. The molecular formula is C49H44N2O. The molecule has 1 aromatic heterocycles. The molecule has 1 saturated carbocycles. The molecule has 1 heterocycles. The first kappa shape index (κ1) is 32.3. The van der Waals surface area contributed by atoms with E-state index in [0.717, 1.165) is 49.9 Å². The second-order valence-corrected chi connectivity index (χ2v) is 15.5. The van der Waals surface area contributed by atoms with E-state index in [1.807, 2.05) is 30.3 Å². The summed E-state index contributed by atoms with van der Waals surface area (Å²) in [5.74, 6) is 1.31. The van der Waals surface area contributed by atoms with Crippen molar-refractivity contribution in [3.63, 3.8) is 0 Å². The van der Waals surface area contributed by atoms with Crippen LogP contribution in [0.3, 0.4) is 0 Å². The van der Waals surface area contributed by atoms with Crippen LogP contribution in [0.15, 0.2) is 150 Å². The van der Waals surface area contributed by atoms with Gasteiger partial charge in [-0.05, 0) is 117 Å². The number of hydrogen-bond donors (Lipinski definition) is 0. The SMILES string of the molecule is CC(C)(C)c1ccc(-c2ccc(N(c3ccc(C4CCCCC4)cc3)c3ccc4ccc5ccc6nc(-c7ccccc7)oc6c5c4c3)cc2)cc1. The van der Waals surface area contributed by atoms with Crippen molar-refractivity contribution in [1.29, 1.82) is 0 Å². The van der Waals surface area contributed by atoms with Crippen LogP contribution in [0.4, 0.5) is 17.1 Å². The maximum absolute atomic E-state index is 6.57.